The van der Waals surface area contributed by atoms with Crippen LogP contribution in [0.5, 0.6) is 0 Å². The Morgan fingerprint density at radius 1 is 1.17 bits per heavy atom. The van der Waals surface area contributed by atoms with E-state index in [0.29, 0.717) is 22.7 Å². The van der Waals surface area contributed by atoms with Gasteiger partial charge in [0.2, 0.25) is 0 Å². The van der Waals surface area contributed by atoms with Crippen molar-refractivity contribution in [2.75, 3.05) is 5.73 Å². The van der Waals surface area contributed by atoms with Gasteiger partial charge in [0.1, 0.15) is 0 Å². The zero-order chi connectivity index (χ0) is 13.4. The molecule has 0 atom stereocenters. The van der Waals surface area contributed by atoms with Gasteiger partial charge in [-0.05, 0) is 24.6 Å². The van der Waals surface area contributed by atoms with Crippen molar-refractivity contribution in [3.8, 4) is 0 Å². The van der Waals surface area contributed by atoms with Crippen molar-refractivity contribution in [3.63, 3.8) is 0 Å². The molecule has 0 aliphatic carbocycles. The van der Waals surface area contributed by atoms with E-state index in [1.54, 1.807) is 18.2 Å². The molecular formula is C15H22ClNO. The fourth-order valence-electron chi connectivity index (χ4n) is 1.96. The van der Waals surface area contributed by atoms with E-state index in [1.807, 2.05) is 0 Å². The number of nitrogen functional groups attached to an aromatic ring is 1. The summed E-state index contributed by atoms with van der Waals surface area (Å²) in [6.45, 7) is 2.20. The minimum atomic E-state index is 0.121. The number of anilines is 1. The molecule has 0 aliphatic rings. The molecule has 0 fully saturated rings. The fourth-order valence-corrected chi connectivity index (χ4v) is 2.25. The topological polar surface area (TPSA) is 43.1 Å². The molecule has 100 valence electrons. The quantitative estimate of drug-likeness (QED) is 0.415. The van der Waals surface area contributed by atoms with Crippen molar-refractivity contribution >= 4 is 23.1 Å². The maximum absolute atomic E-state index is 11.9. The lowest BCUT2D eigenvalue weighted by atomic mass is 10.0. The average molecular weight is 268 g/mol. The highest BCUT2D eigenvalue weighted by atomic mass is 35.5. The highest BCUT2D eigenvalue weighted by Gasteiger charge is 2.09. The molecule has 2 N–H and O–H groups in total. The standard InChI is InChI=1S/C15H22ClNO/c1-2-3-4-5-6-7-8-15(18)13-10-9-12(17)11-14(13)16/h9-11H,2-8,17H2,1H3. The highest BCUT2D eigenvalue weighted by molar-refractivity contribution is 6.34. The lowest BCUT2D eigenvalue weighted by molar-refractivity contribution is 0.0979. The molecule has 1 aromatic rings. The summed E-state index contributed by atoms with van der Waals surface area (Å²) in [6, 6.07) is 5.08. The third kappa shape index (κ3) is 5.09. The summed E-state index contributed by atoms with van der Waals surface area (Å²) >= 11 is 6.00. The normalized spacial score (nSPS) is 10.6. The van der Waals surface area contributed by atoms with Crippen molar-refractivity contribution in [2.24, 2.45) is 0 Å². The van der Waals surface area contributed by atoms with E-state index in [9.17, 15) is 4.79 Å². The summed E-state index contributed by atoms with van der Waals surface area (Å²) in [7, 11) is 0. The van der Waals surface area contributed by atoms with E-state index in [2.05, 4.69) is 6.92 Å². The molecular weight excluding hydrogens is 246 g/mol. The number of unbranched alkanes of at least 4 members (excludes halogenated alkanes) is 5. The minimum Gasteiger partial charge on any atom is -0.399 e. The van der Waals surface area contributed by atoms with Crippen LogP contribution in [-0.4, -0.2) is 5.78 Å². The lowest BCUT2D eigenvalue weighted by Crippen LogP contribution is -2.00. The first-order chi connectivity index (χ1) is 8.65. The number of rotatable bonds is 8. The summed E-state index contributed by atoms with van der Waals surface area (Å²) in [6.07, 6.45) is 7.68. The van der Waals surface area contributed by atoms with Crippen LogP contribution in [0.4, 0.5) is 5.69 Å². The first-order valence-corrected chi connectivity index (χ1v) is 7.11. The third-order valence-electron chi connectivity index (χ3n) is 3.05. The molecule has 1 rings (SSSR count). The molecule has 0 saturated heterocycles. The van der Waals surface area contributed by atoms with Crippen LogP contribution in [0.2, 0.25) is 5.02 Å². The minimum absolute atomic E-state index is 0.121. The summed E-state index contributed by atoms with van der Waals surface area (Å²) in [5.74, 6) is 0.121. The predicted molar refractivity (Wildman–Crippen MR) is 78.2 cm³/mol. The molecule has 18 heavy (non-hydrogen) atoms. The molecule has 2 nitrogen and oxygen atoms in total. The Morgan fingerprint density at radius 3 is 2.50 bits per heavy atom. The second-order valence-electron chi connectivity index (χ2n) is 4.68. The molecule has 0 spiro atoms. The van der Waals surface area contributed by atoms with Gasteiger partial charge in [0.05, 0.1) is 5.02 Å². The number of Topliss-reactive ketones (excluding diaryl/α,β-unsaturated/α-hetero) is 1. The molecule has 3 heteroatoms. The number of nitrogens with two attached hydrogens (primary N) is 1. The second kappa shape index (κ2) is 8.15. The van der Waals surface area contributed by atoms with Crippen LogP contribution in [0.15, 0.2) is 18.2 Å². The van der Waals surface area contributed by atoms with Crippen LogP contribution in [0, 0.1) is 0 Å². The van der Waals surface area contributed by atoms with Gasteiger partial charge < -0.3 is 5.73 Å². The van der Waals surface area contributed by atoms with Crippen molar-refractivity contribution < 1.29 is 4.79 Å². The summed E-state index contributed by atoms with van der Waals surface area (Å²) in [4.78, 5) is 11.9. The largest absolute Gasteiger partial charge is 0.399 e. The first-order valence-electron chi connectivity index (χ1n) is 6.73. The number of carbonyl (C=O) groups excluding carboxylic acids is 1. The Labute approximate surface area is 115 Å². The lowest BCUT2D eigenvalue weighted by Gasteiger charge is -2.04. The first kappa shape index (κ1) is 15.0. The van der Waals surface area contributed by atoms with E-state index in [4.69, 9.17) is 17.3 Å². The second-order valence-corrected chi connectivity index (χ2v) is 5.09. The average Bonchev–Trinajstić information content (AvgIpc) is 2.33. The molecule has 0 radical (unpaired) electrons. The van der Waals surface area contributed by atoms with Crippen LogP contribution in [-0.2, 0) is 0 Å². The molecule has 0 aliphatic heterocycles. The van der Waals surface area contributed by atoms with Gasteiger partial charge in [-0.1, -0.05) is 50.6 Å². The van der Waals surface area contributed by atoms with Crippen molar-refractivity contribution in [1.82, 2.24) is 0 Å². The van der Waals surface area contributed by atoms with Gasteiger partial charge >= 0.3 is 0 Å². The van der Waals surface area contributed by atoms with Crippen molar-refractivity contribution in [2.45, 2.75) is 51.9 Å². The molecule has 0 bridgehead atoms. The molecule has 0 saturated carbocycles. The molecule has 0 aromatic heterocycles. The van der Waals surface area contributed by atoms with Gasteiger partial charge in [-0.2, -0.15) is 0 Å². The Kier molecular flexibility index (Phi) is 6.81. The number of hydrogen-bond donors (Lipinski definition) is 1. The number of carbonyl (C=O) groups is 1. The summed E-state index contributed by atoms with van der Waals surface area (Å²) < 4.78 is 0. The number of hydrogen-bond acceptors (Lipinski definition) is 2. The van der Waals surface area contributed by atoms with Crippen molar-refractivity contribution in [3.05, 3.63) is 28.8 Å². The SMILES string of the molecule is CCCCCCCCC(=O)c1ccc(N)cc1Cl. The summed E-state index contributed by atoms with van der Waals surface area (Å²) in [5.41, 5.74) is 6.79. The smallest absolute Gasteiger partial charge is 0.164 e. The molecule has 1 aromatic carbocycles. The number of benzene rings is 1. The zero-order valence-electron chi connectivity index (χ0n) is 11.0. The molecule has 0 amide bonds. The highest BCUT2D eigenvalue weighted by Crippen LogP contribution is 2.21. The van der Waals surface area contributed by atoms with E-state index in [-0.39, 0.29) is 5.78 Å². The zero-order valence-corrected chi connectivity index (χ0v) is 11.8. The van der Waals surface area contributed by atoms with E-state index in [0.717, 1.165) is 12.8 Å². The number of halogens is 1. The summed E-state index contributed by atoms with van der Waals surface area (Å²) in [5, 5.41) is 0.464. The number of ketones is 1. The maximum atomic E-state index is 11.9. The fraction of sp³-hybridized carbons (Fsp3) is 0.533. The Balaban J connectivity index is 2.32. The van der Waals surface area contributed by atoms with E-state index < -0.39 is 0 Å². The van der Waals surface area contributed by atoms with Crippen LogP contribution in [0.1, 0.15) is 62.2 Å². The van der Waals surface area contributed by atoms with Crippen molar-refractivity contribution in [1.29, 1.82) is 0 Å². The van der Waals surface area contributed by atoms with Gasteiger partial charge in [-0.25, -0.2) is 0 Å². The third-order valence-corrected chi connectivity index (χ3v) is 3.36. The van der Waals surface area contributed by atoms with Crippen LogP contribution in [0.25, 0.3) is 0 Å². The Bertz CT molecular complexity index is 390. The van der Waals surface area contributed by atoms with Crippen LogP contribution in [0.3, 0.4) is 0 Å². The maximum Gasteiger partial charge on any atom is 0.164 e. The van der Waals surface area contributed by atoms with Gasteiger partial charge in [0, 0.05) is 17.7 Å². The monoisotopic (exact) mass is 267 g/mol. The van der Waals surface area contributed by atoms with Crippen LogP contribution < -0.4 is 5.73 Å². The van der Waals surface area contributed by atoms with E-state index >= 15 is 0 Å². The van der Waals surface area contributed by atoms with Gasteiger partial charge in [0.15, 0.2) is 5.78 Å². The molecule has 0 unspecified atom stereocenters. The Morgan fingerprint density at radius 2 is 1.83 bits per heavy atom. The van der Waals surface area contributed by atoms with Gasteiger partial charge in [-0.15, -0.1) is 0 Å². The predicted octanol–water partition coefficient (Wildman–Crippen LogP) is 4.86. The van der Waals surface area contributed by atoms with Gasteiger partial charge in [-0.3, -0.25) is 4.79 Å². The van der Waals surface area contributed by atoms with Crippen LogP contribution >= 0.6 is 11.6 Å². The van der Waals surface area contributed by atoms with E-state index in [1.165, 1.54) is 25.7 Å². The van der Waals surface area contributed by atoms with Gasteiger partial charge in [0.25, 0.3) is 0 Å². The molecule has 0 heterocycles. The Hall–Kier alpha value is -1.02.